The first kappa shape index (κ1) is 17.8. The highest BCUT2D eigenvalue weighted by atomic mass is 35.5. The average Bonchev–Trinajstić information content (AvgIpc) is 2.83. The number of rotatable bonds is 6. The molecule has 6 nitrogen and oxygen atoms in total. The number of likely N-dealkylation sites (N-methyl/N-ethyl adjacent to an activating group) is 1. The summed E-state index contributed by atoms with van der Waals surface area (Å²) in [7, 11) is 1.92. The minimum Gasteiger partial charge on any atom is -0.463 e. The minimum absolute atomic E-state index is 0.291. The van der Waals surface area contributed by atoms with Gasteiger partial charge in [0.2, 0.25) is 0 Å². The van der Waals surface area contributed by atoms with Crippen LogP contribution in [0.3, 0.4) is 0 Å². The van der Waals surface area contributed by atoms with E-state index in [1.165, 1.54) is 11.3 Å². The fourth-order valence-corrected chi connectivity index (χ4v) is 3.60. The number of urea groups is 1. The van der Waals surface area contributed by atoms with E-state index >= 15 is 0 Å². The van der Waals surface area contributed by atoms with Crippen molar-refractivity contribution in [2.45, 2.75) is 26.4 Å². The lowest BCUT2D eigenvalue weighted by Gasteiger charge is -2.28. The van der Waals surface area contributed by atoms with Gasteiger partial charge >= 0.3 is 12.0 Å². The van der Waals surface area contributed by atoms with E-state index in [1.54, 1.807) is 13.8 Å². The molecule has 1 aromatic heterocycles. The summed E-state index contributed by atoms with van der Waals surface area (Å²) < 4.78 is 5.84. The molecule has 1 aromatic rings. The number of carbonyl (C=O) groups excluding carboxylic acids is 2. The van der Waals surface area contributed by atoms with E-state index in [9.17, 15) is 9.59 Å². The van der Waals surface area contributed by atoms with E-state index in [-0.39, 0.29) is 12.1 Å². The summed E-state index contributed by atoms with van der Waals surface area (Å²) in [6.07, 6.45) is 0. The molecule has 0 saturated carbocycles. The van der Waals surface area contributed by atoms with Crippen molar-refractivity contribution >= 4 is 34.9 Å². The zero-order valence-electron chi connectivity index (χ0n) is 13.3. The highest BCUT2D eigenvalue weighted by molar-refractivity contribution is 7.16. The third-order valence-corrected chi connectivity index (χ3v) is 4.56. The molecule has 126 valence electrons. The number of nitrogens with zero attached hydrogens (tertiary/aromatic N) is 1. The molecule has 0 aromatic carbocycles. The van der Waals surface area contributed by atoms with Crippen molar-refractivity contribution in [2.24, 2.45) is 0 Å². The van der Waals surface area contributed by atoms with Crippen LogP contribution < -0.4 is 10.6 Å². The van der Waals surface area contributed by atoms with Crippen LogP contribution in [0.2, 0.25) is 4.34 Å². The molecular weight excluding hydrogens is 338 g/mol. The number of ether oxygens (including phenoxy) is 1. The van der Waals surface area contributed by atoms with E-state index in [0.29, 0.717) is 31.0 Å². The van der Waals surface area contributed by atoms with Crippen LogP contribution >= 0.6 is 22.9 Å². The normalized spacial score (nSPS) is 18.0. The molecule has 1 aliphatic heterocycles. The molecule has 1 aliphatic rings. The topological polar surface area (TPSA) is 70.7 Å². The Hall–Kier alpha value is -1.57. The van der Waals surface area contributed by atoms with Crippen LogP contribution in [0.5, 0.6) is 0 Å². The average molecular weight is 358 g/mol. The third-order valence-electron chi connectivity index (χ3n) is 3.35. The van der Waals surface area contributed by atoms with Crippen LogP contribution in [0.4, 0.5) is 4.79 Å². The van der Waals surface area contributed by atoms with Gasteiger partial charge in [0.05, 0.1) is 22.6 Å². The van der Waals surface area contributed by atoms with Gasteiger partial charge < -0.3 is 15.4 Å². The maximum Gasteiger partial charge on any atom is 0.337 e. The van der Waals surface area contributed by atoms with Crippen LogP contribution in [0, 0.1) is 0 Å². The van der Waals surface area contributed by atoms with Gasteiger partial charge in [0, 0.05) is 23.7 Å². The molecule has 23 heavy (non-hydrogen) atoms. The van der Waals surface area contributed by atoms with Crippen LogP contribution in [0.25, 0.3) is 0 Å². The standard InChI is InChI=1S/C15H20ClN3O3S/c1-4-22-14(20)13-9(2)17-15(21)18-11(13)8-19(3)7-10-5-6-12(16)23-10/h5-6,9H,4,7-8H2,1-3H3,(H2,17,18,21)/t9-/m0/s1. The summed E-state index contributed by atoms with van der Waals surface area (Å²) in [6.45, 7) is 4.92. The lowest BCUT2D eigenvalue weighted by atomic mass is 10.0. The summed E-state index contributed by atoms with van der Waals surface area (Å²) in [6, 6.07) is 3.12. The zero-order chi connectivity index (χ0) is 17.0. The summed E-state index contributed by atoms with van der Waals surface area (Å²) in [5.41, 5.74) is 1.03. The first-order valence-electron chi connectivity index (χ1n) is 7.31. The Morgan fingerprint density at radius 2 is 2.17 bits per heavy atom. The van der Waals surface area contributed by atoms with E-state index in [4.69, 9.17) is 16.3 Å². The molecule has 0 fully saturated rings. The number of hydrogen-bond acceptors (Lipinski definition) is 5. The number of nitrogens with one attached hydrogen (secondary N) is 2. The lowest BCUT2D eigenvalue weighted by molar-refractivity contribution is -0.139. The Labute approximate surface area is 144 Å². The van der Waals surface area contributed by atoms with Crippen molar-refractivity contribution in [2.75, 3.05) is 20.2 Å². The van der Waals surface area contributed by atoms with Crippen LogP contribution in [-0.4, -0.2) is 43.1 Å². The van der Waals surface area contributed by atoms with Gasteiger partial charge in [0.15, 0.2) is 0 Å². The molecule has 0 spiro atoms. The molecule has 1 atom stereocenters. The molecule has 0 saturated heterocycles. The molecule has 0 aliphatic carbocycles. The molecule has 2 heterocycles. The fraction of sp³-hybridized carbons (Fsp3) is 0.467. The fourth-order valence-electron chi connectivity index (χ4n) is 2.43. The van der Waals surface area contributed by atoms with Gasteiger partial charge in [-0.05, 0) is 33.0 Å². The molecule has 2 rings (SSSR count). The molecule has 0 unspecified atom stereocenters. The van der Waals surface area contributed by atoms with Crippen LogP contribution in [0.15, 0.2) is 23.4 Å². The Morgan fingerprint density at radius 1 is 1.43 bits per heavy atom. The zero-order valence-corrected chi connectivity index (χ0v) is 14.9. The highest BCUT2D eigenvalue weighted by Crippen LogP contribution is 2.23. The van der Waals surface area contributed by atoms with Crippen LogP contribution in [-0.2, 0) is 16.1 Å². The first-order chi connectivity index (χ1) is 10.9. The summed E-state index contributed by atoms with van der Waals surface area (Å²) in [4.78, 5) is 27.0. The van der Waals surface area contributed by atoms with Crippen molar-refractivity contribution in [1.29, 1.82) is 0 Å². The van der Waals surface area contributed by atoms with Crippen molar-refractivity contribution in [3.8, 4) is 0 Å². The van der Waals surface area contributed by atoms with E-state index in [1.807, 2.05) is 24.1 Å². The van der Waals surface area contributed by atoms with Gasteiger partial charge in [0.25, 0.3) is 0 Å². The second-order valence-corrected chi connectivity index (χ2v) is 7.11. The largest absolute Gasteiger partial charge is 0.463 e. The number of esters is 1. The van der Waals surface area contributed by atoms with Gasteiger partial charge in [-0.15, -0.1) is 11.3 Å². The van der Waals surface area contributed by atoms with E-state index in [2.05, 4.69) is 10.6 Å². The quantitative estimate of drug-likeness (QED) is 0.767. The predicted octanol–water partition coefficient (Wildman–Crippen LogP) is 2.35. The number of carbonyl (C=O) groups is 2. The Bertz CT molecular complexity index is 629. The summed E-state index contributed by atoms with van der Waals surface area (Å²) in [5, 5.41) is 5.40. The summed E-state index contributed by atoms with van der Waals surface area (Å²) in [5.74, 6) is -0.407. The predicted molar refractivity (Wildman–Crippen MR) is 90.5 cm³/mol. The molecule has 2 amide bonds. The Balaban J connectivity index is 2.15. The smallest absolute Gasteiger partial charge is 0.337 e. The molecule has 8 heteroatoms. The molecule has 0 bridgehead atoms. The molecule has 0 radical (unpaired) electrons. The maximum absolute atomic E-state index is 12.2. The second-order valence-electron chi connectivity index (χ2n) is 5.31. The second kappa shape index (κ2) is 7.81. The monoisotopic (exact) mass is 357 g/mol. The van der Waals surface area contributed by atoms with Crippen molar-refractivity contribution in [3.05, 3.63) is 32.6 Å². The van der Waals surface area contributed by atoms with Gasteiger partial charge in [-0.1, -0.05) is 11.6 Å². The number of halogens is 1. The SMILES string of the molecule is CCOC(=O)C1=C(CN(C)Cc2ccc(Cl)s2)NC(=O)N[C@H]1C. The van der Waals surface area contributed by atoms with Crippen molar-refractivity contribution in [3.63, 3.8) is 0 Å². The third kappa shape index (κ3) is 4.70. The van der Waals surface area contributed by atoms with Gasteiger partial charge in [0.1, 0.15) is 0 Å². The lowest BCUT2D eigenvalue weighted by Crippen LogP contribution is -2.51. The van der Waals surface area contributed by atoms with Gasteiger partial charge in [-0.25, -0.2) is 9.59 Å². The Morgan fingerprint density at radius 3 is 2.78 bits per heavy atom. The first-order valence-corrected chi connectivity index (χ1v) is 8.50. The number of amides is 2. The van der Waals surface area contributed by atoms with E-state index in [0.717, 1.165) is 9.21 Å². The maximum atomic E-state index is 12.2. The summed E-state index contributed by atoms with van der Waals surface area (Å²) >= 11 is 7.45. The van der Waals surface area contributed by atoms with Crippen molar-refractivity contribution < 1.29 is 14.3 Å². The van der Waals surface area contributed by atoms with Gasteiger partial charge in [-0.3, -0.25) is 4.90 Å². The highest BCUT2D eigenvalue weighted by Gasteiger charge is 2.30. The number of hydrogen-bond donors (Lipinski definition) is 2. The molecular formula is C15H20ClN3O3S. The molecule has 2 N–H and O–H groups in total. The van der Waals surface area contributed by atoms with E-state index < -0.39 is 5.97 Å². The van der Waals surface area contributed by atoms with Gasteiger partial charge in [-0.2, -0.15) is 0 Å². The Kier molecular flexibility index (Phi) is 6.04. The number of thiophene rings is 1. The van der Waals surface area contributed by atoms with Crippen LogP contribution in [0.1, 0.15) is 18.7 Å². The van der Waals surface area contributed by atoms with Crippen molar-refractivity contribution in [1.82, 2.24) is 15.5 Å². The minimum atomic E-state index is -0.407.